The van der Waals surface area contributed by atoms with E-state index >= 15 is 0 Å². The van der Waals surface area contributed by atoms with Crippen molar-refractivity contribution in [2.75, 3.05) is 50.5 Å². The van der Waals surface area contributed by atoms with E-state index in [2.05, 4.69) is 10.3 Å². The minimum absolute atomic E-state index is 0.0250. The Morgan fingerprint density at radius 2 is 1.57 bits per heavy atom. The molecule has 40 heavy (non-hydrogen) atoms. The number of amides is 1. The van der Waals surface area contributed by atoms with E-state index in [0.717, 1.165) is 27.2 Å². The third-order valence-electron chi connectivity index (χ3n) is 7.04. The van der Waals surface area contributed by atoms with Crippen LogP contribution in [-0.4, -0.2) is 69.6 Å². The van der Waals surface area contributed by atoms with E-state index in [1.165, 1.54) is 33.5 Å². The molecule has 216 valence electrons. The van der Waals surface area contributed by atoms with Gasteiger partial charge in [-0.1, -0.05) is 11.6 Å². The van der Waals surface area contributed by atoms with Crippen molar-refractivity contribution in [1.29, 1.82) is 0 Å². The molecule has 9 nitrogen and oxygen atoms in total. The second-order valence-corrected chi connectivity index (χ2v) is 9.99. The van der Waals surface area contributed by atoms with Gasteiger partial charge in [-0.15, -0.1) is 0 Å². The van der Waals surface area contributed by atoms with Gasteiger partial charge in [0.2, 0.25) is 11.7 Å². The van der Waals surface area contributed by atoms with Gasteiger partial charge in [-0.2, -0.15) is 18.2 Å². The number of halogens is 3. The van der Waals surface area contributed by atoms with Crippen molar-refractivity contribution in [3.8, 4) is 17.2 Å². The van der Waals surface area contributed by atoms with E-state index in [-0.39, 0.29) is 29.0 Å². The highest BCUT2D eigenvalue weighted by Gasteiger charge is 2.46. The number of rotatable bonds is 8. The van der Waals surface area contributed by atoms with Crippen LogP contribution < -0.4 is 29.3 Å². The summed E-state index contributed by atoms with van der Waals surface area (Å²) in [6, 6.07) is 7.93. The number of nitrogens with zero attached hydrogens (tertiary/aromatic N) is 4. The molecule has 0 atom stereocenters. The Morgan fingerprint density at radius 1 is 0.950 bits per heavy atom. The van der Waals surface area contributed by atoms with Crippen LogP contribution in [0.25, 0.3) is 10.9 Å². The number of carbonyl (C=O) groups is 1. The first-order valence-corrected chi connectivity index (χ1v) is 12.9. The third-order valence-corrected chi connectivity index (χ3v) is 7.04. The molecule has 1 aliphatic carbocycles. The Balaban J connectivity index is 1.58. The van der Waals surface area contributed by atoms with Crippen LogP contribution in [-0.2, 0) is 4.79 Å². The number of carbonyl (C=O) groups excluding carboxylic acids is 1. The van der Waals surface area contributed by atoms with Gasteiger partial charge >= 0.3 is 12.1 Å². The van der Waals surface area contributed by atoms with Crippen LogP contribution in [0.4, 0.5) is 30.6 Å². The molecule has 0 bridgehead atoms. The lowest BCUT2D eigenvalue weighted by Crippen LogP contribution is -2.49. The number of hydrogen-bond acceptors (Lipinski definition) is 8. The molecule has 4 rings (SSSR count). The topological polar surface area (TPSA) is 89.1 Å². The normalized spacial score (nSPS) is 17.3. The average molecular weight is 562 g/mol. The molecule has 0 spiro atoms. The molecule has 1 heterocycles. The monoisotopic (exact) mass is 561 g/mol. The molecule has 0 aliphatic heterocycles. The van der Waals surface area contributed by atoms with Gasteiger partial charge in [-0.05, 0) is 44.7 Å². The van der Waals surface area contributed by atoms with Crippen LogP contribution in [0.2, 0.25) is 0 Å². The number of aryl methyl sites for hydroxylation is 1. The maximum atomic E-state index is 13.8. The van der Waals surface area contributed by atoms with E-state index in [0.29, 0.717) is 31.6 Å². The third kappa shape index (κ3) is 5.95. The predicted molar refractivity (Wildman–Crippen MR) is 148 cm³/mol. The number of aromatic nitrogens is 2. The first-order chi connectivity index (χ1) is 19.0. The molecule has 1 aromatic heterocycles. The molecule has 1 fully saturated rings. The van der Waals surface area contributed by atoms with Crippen LogP contribution >= 0.6 is 0 Å². The lowest BCUT2D eigenvalue weighted by molar-refractivity contribution is -0.171. The average Bonchev–Trinajstić information content (AvgIpc) is 2.92. The minimum atomic E-state index is -5.06. The van der Waals surface area contributed by atoms with Crippen LogP contribution in [0.1, 0.15) is 31.2 Å². The van der Waals surface area contributed by atoms with Gasteiger partial charge in [0.1, 0.15) is 5.82 Å². The summed E-state index contributed by atoms with van der Waals surface area (Å²) in [6.45, 7) is 2.01. The molecule has 0 radical (unpaired) electrons. The Bertz CT molecular complexity index is 1350. The quantitative estimate of drug-likeness (QED) is 0.394. The Hall–Kier alpha value is -3.96. The predicted octanol–water partition coefficient (Wildman–Crippen LogP) is 5.35. The summed E-state index contributed by atoms with van der Waals surface area (Å²) in [7, 11) is 7.95. The molecular weight excluding hydrogens is 527 g/mol. The highest BCUT2D eigenvalue weighted by Crippen LogP contribution is 2.43. The summed E-state index contributed by atoms with van der Waals surface area (Å²) in [4.78, 5) is 24.8. The number of anilines is 3. The number of hydrogen-bond donors (Lipinski definition) is 1. The lowest BCUT2D eigenvalue weighted by atomic mass is 9.89. The summed E-state index contributed by atoms with van der Waals surface area (Å²) in [5, 5.41) is 4.30. The summed E-state index contributed by atoms with van der Waals surface area (Å²) in [6.07, 6.45) is -3.35. The van der Waals surface area contributed by atoms with E-state index in [1.807, 2.05) is 44.1 Å². The van der Waals surface area contributed by atoms with E-state index in [4.69, 9.17) is 19.2 Å². The molecule has 3 aromatic rings. The van der Waals surface area contributed by atoms with Gasteiger partial charge in [0.25, 0.3) is 0 Å². The van der Waals surface area contributed by atoms with Gasteiger partial charge in [0, 0.05) is 43.7 Å². The maximum Gasteiger partial charge on any atom is 0.471 e. The van der Waals surface area contributed by atoms with Crippen molar-refractivity contribution in [2.24, 2.45) is 0 Å². The largest absolute Gasteiger partial charge is 0.493 e. The van der Waals surface area contributed by atoms with Crippen LogP contribution in [0.5, 0.6) is 17.2 Å². The fourth-order valence-electron chi connectivity index (χ4n) is 5.13. The van der Waals surface area contributed by atoms with Crippen molar-refractivity contribution in [1.82, 2.24) is 9.97 Å². The maximum absolute atomic E-state index is 13.8. The summed E-state index contributed by atoms with van der Waals surface area (Å²) < 4.78 is 57.2. The molecule has 0 unspecified atom stereocenters. The second kappa shape index (κ2) is 11.6. The summed E-state index contributed by atoms with van der Waals surface area (Å²) in [5.41, 5.74) is 1.92. The Kier molecular flexibility index (Phi) is 8.45. The van der Waals surface area contributed by atoms with Crippen LogP contribution in [0.15, 0.2) is 30.3 Å². The van der Waals surface area contributed by atoms with Gasteiger partial charge in [-0.25, -0.2) is 4.98 Å². The second-order valence-electron chi connectivity index (χ2n) is 9.99. The Labute approximate surface area is 231 Å². The van der Waals surface area contributed by atoms with E-state index in [9.17, 15) is 18.0 Å². The first-order valence-electron chi connectivity index (χ1n) is 12.9. The van der Waals surface area contributed by atoms with Gasteiger partial charge in [0.15, 0.2) is 11.5 Å². The van der Waals surface area contributed by atoms with E-state index in [1.54, 1.807) is 0 Å². The highest BCUT2D eigenvalue weighted by atomic mass is 19.4. The van der Waals surface area contributed by atoms with Crippen molar-refractivity contribution in [3.63, 3.8) is 0 Å². The first kappa shape index (κ1) is 29.0. The fraction of sp³-hybridized carbons (Fsp3) is 0.464. The van der Waals surface area contributed by atoms with E-state index < -0.39 is 18.1 Å². The SMILES string of the molecule is COc1cc(N(C(=O)C(F)(F)F)C2CCC(Nc3nc(N(C)C)c4cc(C)ccc4n3)CC2)cc(OC)c1OC. The molecule has 12 heteroatoms. The zero-order valence-corrected chi connectivity index (χ0v) is 23.4. The van der Waals surface area contributed by atoms with Crippen LogP contribution in [0, 0.1) is 6.92 Å². The summed E-state index contributed by atoms with van der Waals surface area (Å²) in [5.74, 6) is -0.170. The number of methoxy groups -OCH3 is 3. The lowest BCUT2D eigenvalue weighted by Gasteiger charge is -2.37. The molecule has 1 aliphatic rings. The van der Waals surface area contributed by atoms with Gasteiger partial charge in [0.05, 0.1) is 32.5 Å². The minimum Gasteiger partial charge on any atom is -0.493 e. The molecule has 1 N–H and O–H groups in total. The van der Waals surface area contributed by atoms with Gasteiger partial charge < -0.3 is 29.3 Å². The number of alkyl halides is 3. The van der Waals surface area contributed by atoms with Crippen molar-refractivity contribution < 1.29 is 32.2 Å². The zero-order valence-electron chi connectivity index (χ0n) is 23.4. The fourth-order valence-corrected chi connectivity index (χ4v) is 5.13. The Morgan fingerprint density at radius 3 is 2.10 bits per heavy atom. The summed E-state index contributed by atoms with van der Waals surface area (Å²) >= 11 is 0. The molecule has 2 aromatic carbocycles. The molecule has 0 saturated heterocycles. The zero-order chi connectivity index (χ0) is 29.2. The van der Waals surface area contributed by atoms with Crippen molar-refractivity contribution >= 4 is 34.3 Å². The highest BCUT2D eigenvalue weighted by molar-refractivity contribution is 5.98. The smallest absolute Gasteiger partial charge is 0.471 e. The standard InChI is InChI=1S/C28H34F3N5O4/c1-16-7-12-21-20(13-16)25(35(2)3)34-27(33-21)32-17-8-10-18(11-9-17)36(26(37)28(29,30)31)19-14-22(38-4)24(40-6)23(15-19)39-5/h7,12-15,17-18H,8-11H2,1-6H3,(H,32,33,34). The van der Waals surface area contributed by atoms with Crippen LogP contribution in [0.3, 0.4) is 0 Å². The molecular formula is C28H34F3N5O4. The van der Waals surface area contributed by atoms with Crippen molar-refractivity contribution in [3.05, 3.63) is 35.9 Å². The molecule has 1 amide bonds. The molecule has 1 saturated carbocycles. The number of benzene rings is 2. The van der Waals surface area contributed by atoms with Crippen molar-refractivity contribution in [2.45, 2.75) is 50.9 Å². The number of nitrogens with one attached hydrogen (secondary N) is 1. The number of ether oxygens (including phenoxy) is 3. The number of fused-ring (bicyclic) bond motifs is 1. The van der Waals surface area contributed by atoms with Gasteiger partial charge in [-0.3, -0.25) is 4.79 Å².